The Kier molecular flexibility index (Phi) is 18.3. The van der Waals surface area contributed by atoms with E-state index in [4.69, 9.17) is 11.5 Å². The van der Waals surface area contributed by atoms with Crippen molar-refractivity contribution >= 4 is 58.3 Å². The summed E-state index contributed by atoms with van der Waals surface area (Å²) in [7, 11) is 0. The molecule has 2 saturated heterocycles. The van der Waals surface area contributed by atoms with Crippen LogP contribution in [-0.2, 0) is 46.4 Å². The van der Waals surface area contributed by atoms with Crippen LogP contribution in [0.15, 0.2) is 65.8 Å². The van der Waals surface area contributed by atoms with Crippen molar-refractivity contribution in [1.82, 2.24) is 41.8 Å². The van der Waals surface area contributed by atoms with E-state index in [2.05, 4.69) is 41.9 Å². The maximum absolute atomic E-state index is 14.7. The van der Waals surface area contributed by atoms with Crippen LogP contribution in [0.3, 0.4) is 0 Å². The fourth-order valence-electron chi connectivity index (χ4n) is 9.25. The van der Waals surface area contributed by atoms with Gasteiger partial charge in [0, 0.05) is 49.6 Å². The standard InChI is InChI=1S/C47H65N11O10/c48-47(49)51-19-6-12-34-41(63)50-18-7-13-35(55-42(64)36(53-25-40(61)62)20-27-8-2-1-3-9-27)46(68)58-26-31(60)23-39(58)45(67)57-37(21-28-14-16-30(59)17-15-28)43(65)56-38(44(66)54-34)22-29-24-52-33-11-5-4-10-32(29)33/h1-5,8-11,24,28,30-31,34-39,52-53,59-60H,6-7,12-23,25-26H2,(H,50,63)(H,54,66)(H,55,64)(H,56,65)(H,57,67)(H,61,62)(H4,48,49,51)/t28?,30?,31-,34+,35+,36+,37-,38+,39+/m1/s1. The molecule has 1 saturated carbocycles. The van der Waals surface area contributed by atoms with Gasteiger partial charge in [0.25, 0.3) is 0 Å². The van der Waals surface area contributed by atoms with Crippen molar-refractivity contribution in [1.29, 1.82) is 0 Å². The third kappa shape index (κ3) is 14.5. The molecule has 368 valence electrons. The molecule has 1 aromatic heterocycles. The smallest absolute Gasteiger partial charge is 0.317 e. The van der Waals surface area contributed by atoms with E-state index in [0.29, 0.717) is 31.2 Å². The van der Waals surface area contributed by atoms with Crippen LogP contribution in [0, 0.1) is 5.92 Å². The fourth-order valence-corrected chi connectivity index (χ4v) is 9.25. The monoisotopic (exact) mass is 943 g/mol. The number of aliphatic hydroxyl groups excluding tert-OH is 2. The second-order valence-electron chi connectivity index (χ2n) is 18.0. The number of carboxylic acid groups (broad SMARTS) is 1. The number of carboxylic acids is 1. The summed E-state index contributed by atoms with van der Waals surface area (Å²) in [6.45, 7) is -0.693. The summed E-state index contributed by atoms with van der Waals surface area (Å²) in [4.78, 5) is 106. The summed E-state index contributed by atoms with van der Waals surface area (Å²) < 4.78 is 0. The molecule has 3 fully saturated rings. The average Bonchev–Trinajstić information content (AvgIpc) is 3.92. The Hall–Kier alpha value is -6.58. The highest BCUT2D eigenvalue weighted by Crippen LogP contribution is 2.29. The minimum atomic E-state index is -1.31. The average molecular weight is 944 g/mol. The summed E-state index contributed by atoms with van der Waals surface area (Å²) in [5.74, 6) is -5.51. The van der Waals surface area contributed by atoms with Crippen molar-refractivity contribution in [3.05, 3.63) is 71.9 Å². The molecule has 2 aliphatic heterocycles. The van der Waals surface area contributed by atoms with Gasteiger partial charge in [-0.05, 0) is 87.3 Å². The maximum Gasteiger partial charge on any atom is 0.317 e. The Morgan fingerprint density at radius 1 is 0.824 bits per heavy atom. The lowest BCUT2D eigenvalue weighted by Gasteiger charge is -2.32. The van der Waals surface area contributed by atoms with E-state index in [1.54, 1.807) is 36.5 Å². The number of aliphatic hydroxyl groups is 2. The minimum absolute atomic E-state index is 0.00243. The highest BCUT2D eigenvalue weighted by Gasteiger charge is 2.43. The van der Waals surface area contributed by atoms with Crippen LogP contribution in [0.4, 0.5) is 0 Å². The lowest BCUT2D eigenvalue weighted by Crippen LogP contribution is -2.60. The number of carbonyl (C=O) groups is 7. The van der Waals surface area contributed by atoms with Crippen LogP contribution in [0.5, 0.6) is 0 Å². The van der Waals surface area contributed by atoms with Gasteiger partial charge in [-0.3, -0.25) is 43.9 Å². The van der Waals surface area contributed by atoms with Gasteiger partial charge >= 0.3 is 5.97 Å². The summed E-state index contributed by atoms with van der Waals surface area (Å²) in [5.41, 5.74) is 13.3. The third-order valence-corrected chi connectivity index (χ3v) is 12.9. The van der Waals surface area contributed by atoms with Crippen molar-refractivity contribution in [2.45, 2.75) is 126 Å². The van der Waals surface area contributed by atoms with Crippen molar-refractivity contribution < 1.29 is 48.9 Å². The summed E-state index contributed by atoms with van der Waals surface area (Å²) >= 11 is 0. The van der Waals surface area contributed by atoms with Gasteiger partial charge in [-0.15, -0.1) is 0 Å². The zero-order valence-electron chi connectivity index (χ0n) is 38.0. The van der Waals surface area contributed by atoms with Crippen LogP contribution in [0.25, 0.3) is 10.9 Å². The molecular weight excluding hydrogens is 879 g/mol. The molecule has 3 aromatic rings. The molecule has 0 radical (unpaired) electrons. The molecule has 0 spiro atoms. The number of para-hydroxylation sites is 1. The van der Waals surface area contributed by atoms with Crippen molar-refractivity contribution in [3.8, 4) is 0 Å². The molecular formula is C47H65N11O10. The van der Waals surface area contributed by atoms with Crippen LogP contribution >= 0.6 is 0 Å². The van der Waals surface area contributed by atoms with E-state index in [1.807, 2.05) is 24.3 Å². The molecule has 21 nitrogen and oxygen atoms in total. The van der Waals surface area contributed by atoms with Gasteiger partial charge in [-0.25, -0.2) is 0 Å². The number of hydrogen-bond donors (Lipinski definition) is 12. The highest BCUT2D eigenvalue weighted by atomic mass is 16.4. The van der Waals surface area contributed by atoms with Gasteiger partial charge in [0.1, 0.15) is 30.2 Å². The number of H-pyrrole nitrogens is 1. The number of aromatic nitrogens is 1. The largest absolute Gasteiger partial charge is 0.480 e. The topological polar surface area (TPSA) is 336 Å². The first-order chi connectivity index (χ1) is 32.6. The third-order valence-electron chi connectivity index (χ3n) is 12.9. The second-order valence-corrected chi connectivity index (χ2v) is 18.0. The second kappa shape index (κ2) is 24.4. The van der Waals surface area contributed by atoms with E-state index in [0.717, 1.165) is 16.5 Å². The maximum atomic E-state index is 14.7. The number of carbonyl (C=O) groups excluding carboxylic acids is 6. The van der Waals surface area contributed by atoms with Crippen LogP contribution in [-0.4, -0.2) is 147 Å². The Morgan fingerprint density at radius 2 is 1.51 bits per heavy atom. The number of guanidine groups is 1. The molecule has 14 N–H and O–H groups in total. The van der Waals surface area contributed by atoms with Gasteiger partial charge in [-0.1, -0.05) is 48.5 Å². The Bertz CT molecular complexity index is 2260. The van der Waals surface area contributed by atoms with E-state index in [9.17, 15) is 48.9 Å². The van der Waals surface area contributed by atoms with Crippen molar-refractivity contribution in [2.24, 2.45) is 22.4 Å². The molecule has 68 heavy (non-hydrogen) atoms. The van der Waals surface area contributed by atoms with Crippen LogP contribution in [0.2, 0.25) is 0 Å². The quantitative estimate of drug-likeness (QED) is 0.0485. The zero-order chi connectivity index (χ0) is 48.7. The predicted molar refractivity (Wildman–Crippen MR) is 250 cm³/mol. The fraction of sp³-hybridized carbons (Fsp3) is 0.532. The molecule has 3 heterocycles. The molecule has 7 atom stereocenters. The van der Waals surface area contributed by atoms with Crippen LogP contribution < -0.4 is 43.4 Å². The number of hydrogen-bond acceptors (Lipinski definition) is 11. The van der Waals surface area contributed by atoms with E-state index in [-0.39, 0.29) is 82.9 Å². The number of nitrogens with two attached hydrogens (primary N) is 2. The van der Waals surface area contributed by atoms with E-state index >= 15 is 0 Å². The molecule has 0 bridgehead atoms. The van der Waals surface area contributed by atoms with Gasteiger partial charge < -0.3 is 63.3 Å². The lowest BCUT2D eigenvalue weighted by molar-refractivity contribution is -0.143. The molecule has 21 heteroatoms. The predicted octanol–water partition coefficient (Wildman–Crippen LogP) is -1.20. The van der Waals surface area contributed by atoms with Gasteiger partial charge in [0.05, 0.1) is 24.8 Å². The lowest BCUT2D eigenvalue weighted by atomic mass is 9.83. The number of nitrogens with one attached hydrogen (secondary N) is 7. The highest BCUT2D eigenvalue weighted by molar-refractivity contribution is 5.97. The first-order valence-corrected chi connectivity index (χ1v) is 23.4. The molecule has 6 rings (SSSR count). The van der Waals surface area contributed by atoms with Crippen molar-refractivity contribution in [3.63, 3.8) is 0 Å². The Labute approximate surface area is 394 Å². The zero-order valence-corrected chi connectivity index (χ0v) is 38.0. The number of rotatable bonds is 15. The van der Waals surface area contributed by atoms with Crippen LogP contribution in [0.1, 0.15) is 75.3 Å². The number of aromatic amines is 1. The Balaban J connectivity index is 1.33. The van der Waals surface area contributed by atoms with Crippen molar-refractivity contribution in [2.75, 3.05) is 26.2 Å². The van der Waals surface area contributed by atoms with E-state index < -0.39 is 96.4 Å². The number of fused-ring (bicyclic) bond motifs is 2. The van der Waals surface area contributed by atoms with E-state index in [1.165, 1.54) is 4.90 Å². The van der Waals surface area contributed by atoms with Gasteiger partial charge in [-0.2, -0.15) is 0 Å². The molecule has 2 aromatic carbocycles. The number of nitrogens with zero attached hydrogens (tertiary/aromatic N) is 2. The summed E-state index contributed by atoms with van der Waals surface area (Å²) in [5, 5.41) is 48.4. The molecule has 0 unspecified atom stereocenters. The number of benzene rings is 2. The number of aliphatic carboxylic acids is 1. The van der Waals surface area contributed by atoms with Gasteiger partial charge in [0.2, 0.25) is 35.4 Å². The number of amides is 6. The SMILES string of the molecule is NC(N)=NCCC[C@@H]1NC(=O)[C@H](Cc2c[nH]c3ccccc23)NC(=O)[C@@H](CC2CCC(O)CC2)NC(=O)[C@@H]2C[C@@H](O)CN2C(=O)[C@@H](NC(=O)[C@H](Cc2ccccc2)NCC(=O)O)CCCNC1=O. The molecule has 3 aliphatic rings. The number of aliphatic imine (C=N–C) groups is 1. The normalized spacial score (nSPS) is 26.0. The summed E-state index contributed by atoms with van der Waals surface area (Å²) in [6, 6.07) is 9.04. The molecule has 6 amide bonds. The molecule has 1 aliphatic carbocycles. The first-order valence-electron chi connectivity index (χ1n) is 23.4. The minimum Gasteiger partial charge on any atom is -0.480 e. The Morgan fingerprint density at radius 3 is 2.25 bits per heavy atom. The summed E-state index contributed by atoms with van der Waals surface area (Å²) in [6.07, 6.45) is 2.70. The first kappa shape index (κ1) is 50.8. The van der Waals surface area contributed by atoms with Gasteiger partial charge in [0.15, 0.2) is 5.96 Å².